The van der Waals surface area contributed by atoms with Crippen LogP contribution in [0.2, 0.25) is 0 Å². The highest BCUT2D eigenvalue weighted by Crippen LogP contribution is 2.50. The van der Waals surface area contributed by atoms with Gasteiger partial charge < -0.3 is 10.1 Å². The summed E-state index contributed by atoms with van der Waals surface area (Å²) in [5.41, 5.74) is 0.439. The first-order valence-corrected chi connectivity index (χ1v) is 11.5. The number of sulfonamides is 1. The van der Waals surface area contributed by atoms with Gasteiger partial charge in [-0.1, -0.05) is 25.0 Å². The molecular formula is C20H28N2O4S. The zero-order chi connectivity index (χ0) is 19.1. The Morgan fingerprint density at radius 3 is 2.59 bits per heavy atom. The minimum Gasteiger partial charge on any atom is -0.497 e. The summed E-state index contributed by atoms with van der Waals surface area (Å²) in [6.45, 7) is 0.452. The normalized spacial score (nSPS) is 30.3. The van der Waals surface area contributed by atoms with Crippen molar-refractivity contribution in [3.8, 4) is 5.75 Å². The predicted molar refractivity (Wildman–Crippen MR) is 103 cm³/mol. The molecule has 2 aliphatic carbocycles. The van der Waals surface area contributed by atoms with Crippen LogP contribution in [-0.2, 0) is 21.4 Å². The lowest BCUT2D eigenvalue weighted by Gasteiger charge is -2.51. The van der Waals surface area contributed by atoms with Crippen molar-refractivity contribution in [2.45, 2.75) is 63.6 Å². The molecule has 4 rings (SSSR count). The number of hydrogen-bond acceptors (Lipinski definition) is 4. The number of nitrogens with zero attached hydrogens (tertiary/aromatic N) is 1. The van der Waals surface area contributed by atoms with Gasteiger partial charge in [-0.25, -0.2) is 8.42 Å². The van der Waals surface area contributed by atoms with E-state index >= 15 is 0 Å². The third-order valence-corrected chi connectivity index (χ3v) is 8.31. The average molecular weight is 393 g/mol. The summed E-state index contributed by atoms with van der Waals surface area (Å²) in [6, 6.07) is 7.59. The molecule has 6 nitrogen and oxygen atoms in total. The first kappa shape index (κ1) is 18.7. The summed E-state index contributed by atoms with van der Waals surface area (Å²) in [5.74, 6) is 0.896. The van der Waals surface area contributed by atoms with E-state index in [9.17, 15) is 13.2 Å². The number of carbonyl (C=O) groups is 1. The van der Waals surface area contributed by atoms with Crippen molar-refractivity contribution in [3.63, 3.8) is 0 Å². The minimum atomic E-state index is -3.24. The maximum atomic E-state index is 13.3. The molecule has 1 heterocycles. The fourth-order valence-corrected chi connectivity index (χ4v) is 6.98. The molecule has 3 fully saturated rings. The van der Waals surface area contributed by atoms with Crippen LogP contribution in [0.15, 0.2) is 24.3 Å². The number of rotatable bonds is 5. The summed E-state index contributed by atoms with van der Waals surface area (Å²) in [4.78, 5) is 13.3. The first-order chi connectivity index (χ1) is 13.0. The summed E-state index contributed by atoms with van der Waals surface area (Å²) in [5, 5.41) is 3.10. The van der Waals surface area contributed by atoms with Gasteiger partial charge in [-0.05, 0) is 49.8 Å². The molecule has 27 heavy (non-hydrogen) atoms. The number of carbonyl (C=O) groups excluding carboxylic acids is 1. The monoisotopic (exact) mass is 392 g/mol. The smallest absolute Gasteiger partial charge is 0.228 e. The highest BCUT2D eigenvalue weighted by Gasteiger charge is 2.58. The number of hydrogen-bond donors (Lipinski definition) is 1. The summed E-state index contributed by atoms with van der Waals surface area (Å²) < 4.78 is 32.3. The lowest BCUT2D eigenvalue weighted by Crippen LogP contribution is -2.63. The third-order valence-electron chi connectivity index (χ3n) is 6.39. The molecule has 1 saturated heterocycles. The van der Waals surface area contributed by atoms with Crippen LogP contribution in [0.25, 0.3) is 0 Å². The van der Waals surface area contributed by atoms with E-state index < -0.39 is 15.4 Å². The molecule has 0 bridgehead atoms. The zero-order valence-electron chi connectivity index (χ0n) is 15.8. The van der Waals surface area contributed by atoms with Crippen LogP contribution < -0.4 is 10.1 Å². The fraction of sp³-hybridized carbons (Fsp3) is 0.650. The Labute approximate surface area is 161 Å². The maximum absolute atomic E-state index is 13.3. The number of nitrogens with one attached hydrogen (secondary N) is 1. The molecule has 0 unspecified atom stereocenters. The van der Waals surface area contributed by atoms with Gasteiger partial charge in [0.15, 0.2) is 0 Å². The minimum absolute atomic E-state index is 0.0172. The topological polar surface area (TPSA) is 75.7 Å². The first-order valence-electron chi connectivity index (χ1n) is 9.89. The van der Waals surface area contributed by atoms with Crippen molar-refractivity contribution in [1.29, 1.82) is 0 Å². The lowest BCUT2D eigenvalue weighted by molar-refractivity contribution is -0.137. The molecule has 1 N–H and O–H groups in total. The lowest BCUT2D eigenvalue weighted by atomic mass is 9.67. The Kier molecular flexibility index (Phi) is 4.93. The molecular weight excluding hydrogens is 364 g/mol. The maximum Gasteiger partial charge on any atom is 0.228 e. The van der Waals surface area contributed by atoms with Crippen LogP contribution in [-0.4, -0.2) is 43.6 Å². The van der Waals surface area contributed by atoms with Crippen molar-refractivity contribution in [3.05, 3.63) is 29.8 Å². The highest BCUT2D eigenvalue weighted by molar-refractivity contribution is 7.89. The molecule has 2 atom stereocenters. The van der Waals surface area contributed by atoms with Crippen LogP contribution in [0.4, 0.5) is 0 Å². The number of amides is 1. The number of fused-ring (bicyclic) bond motifs is 1. The van der Waals surface area contributed by atoms with Crippen molar-refractivity contribution in [2.75, 3.05) is 12.9 Å². The van der Waals surface area contributed by atoms with Crippen LogP contribution in [0.5, 0.6) is 5.75 Å². The molecule has 2 saturated carbocycles. The van der Waals surface area contributed by atoms with Gasteiger partial charge in [-0.2, -0.15) is 4.31 Å². The Hall–Kier alpha value is -1.60. The van der Waals surface area contributed by atoms with Crippen LogP contribution in [0.1, 0.15) is 50.5 Å². The number of benzene rings is 1. The standard InChI is InChI=1S/C20H28N2O4S/c1-26-17-9-5-15(6-10-17)14-21-19(23)20-11-3-2-4-18(20)22(16-7-8-16)27(24,25)13-12-20/h5-6,9-10,16,18H,2-4,7-8,11-14H2,1H3,(H,21,23)/t18-,20-/m1/s1. The Morgan fingerprint density at radius 2 is 1.93 bits per heavy atom. The highest BCUT2D eigenvalue weighted by atomic mass is 32.2. The second kappa shape index (κ2) is 7.09. The molecule has 1 aromatic carbocycles. The van der Waals surface area contributed by atoms with E-state index in [1.165, 1.54) is 0 Å². The largest absolute Gasteiger partial charge is 0.497 e. The third kappa shape index (κ3) is 3.47. The molecule has 0 radical (unpaired) electrons. The van der Waals surface area contributed by atoms with E-state index in [0.29, 0.717) is 13.0 Å². The number of methoxy groups -OCH3 is 1. The Balaban J connectivity index is 1.53. The van der Waals surface area contributed by atoms with Gasteiger partial charge in [0.25, 0.3) is 0 Å². The Bertz CT molecular complexity index is 804. The van der Waals surface area contributed by atoms with E-state index in [-0.39, 0.29) is 23.7 Å². The second-order valence-electron chi connectivity index (χ2n) is 8.08. The van der Waals surface area contributed by atoms with Crippen LogP contribution >= 0.6 is 0 Å². The quantitative estimate of drug-likeness (QED) is 0.835. The van der Waals surface area contributed by atoms with E-state index in [4.69, 9.17) is 4.74 Å². The summed E-state index contributed by atoms with van der Waals surface area (Å²) >= 11 is 0. The molecule has 0 aromatic heterocycles. The van der Waals surface area contributed by atoms with Gasteiger partial charge in [-0.3, -0.25) is 4.79 Å². The summed E-state index contributed by atoms with van der Waals surface area (Å²) in [7, 11) is -1.61. The van der Waals surface area contributed by atoms with Crippen LogP contribution in [0.3, 0.4) is 0 Å². The average Bonchev–Trinajstić information content (AvgIpc) is 3.50. The Morgan fingerprint density at radius 1 is 1.19 bits per heavy atom. The predicted octanol–water partition coefficient (Wildman–Crippen LogP) is 2.44. The molecule has 1 amide bonds. The van der Waals surface area contributed by atoms with E-state index in [2.05, 4.69) is 5.32 Å². The molecule has 148 valence electrons. The molecule has 1 aliphatic heterocycles. The zero-order valence-corrected chi connectivity index (χ0v) is 16.6. The van der Waals surface area contributed by atoms with E-state index in [0.717, 1.165) is 49.8 Å². The van der Waals surface area contributed by atoms with Gasteiger partial charge in [0.05, 0.1) is 18.3 Å². The van der Waals surface area contributed by atoms with Gasteiger partial charge in [0.1, 0.15) is 5.75 Å². The SMILES string of the molecule is COc1ccc(CNC(=O)[C@@]23CCCC[C@H]2N(C2CC2)S(=O)(=O)CC3)cc1. The van der Waals surface area contributed by atoms with Gasteiger partial charge in [0.2, 0.25) is 15.9 Å². The van der Waals surface area contributed by atoms with E-state index in [1.54, 1.807) is 11.4 Å². The van der Waals surface area contributed by atoms with Gasteiger partial charge in [-0.15, -0.1) is 0 Å². The van der Waals surface area contributed by atoms with Crippen LogP contribution in [0, 0.1) is 5.41 Å². The van der Waals surface area contributed by atoms with Crippen molar-refractivity contribution in [1.82, 2.24) is 9.62 Å². The van der Waals surface area contributed by atoms with Gasteiger partial charge >= 0.3 is 0 Å². The molecule has 1 aromatic rings. The van der Waals surface area contributed by atoms with Gasteiger partial charge in [0, 0.05) is 18.6 Å². The number of ether oxygens (including phenoxy) is 1. The van der Waals surface area contributed by atoms with E-state index in [1.807, 2.05) is 24.3 Å². The molecule has 0 spiro atoms. The molecule has 3 aliphatic rings. The fourth-order valence-electron chi connectivity index (χ4n) is 4.78. The van der Waals surface area contributed by atoms with Crippen molar-refractivity contribution >= 4 is 15.9 Å². The second-order valence-corrected chi connectivity index (χ2v) is 10.1. The summed E-state index contributed by atoms with van der Waals surface area (Å²) in [6.07, 6.45) is 5.87. The van der Waals surface area contributed by atoms with Crippen molar-refractivity contribution in [2.24, 2.45) is 5.41 Å². The van der Waals surface area contributed by atoms with Crippen molar-refractivity contribution < 1.29 is 17.9 Å². The molecule has 7 heteroatoms.